The Hall–Kier alpha value is -0.890. The minimum absolute atomic E-state index is 0. The predicted octanol–water partition coefficient (Wildman–Crippen LogP) is 3.16. The van der Waals surface area contributed by atoms with E-state index in [1.54, 1.807) is 6.07 Å². The number of guanidine groups is 1. The summed E-state index contributed by atoms with van der Waals surface area (Å²) >= 11 is 0. The summed E-state index contributed by atoms with van der Waals surface area (Å²) in [6, 6.07) is 7.62. The number of hydrogen-bond donors (Lipinski definition) is 3. The average molecular weight is 447 g/mol. The van der Waals surface area contributed by atoms with Crippen molar-refractivity contribution in [3.05, 3.63) is 35.6 Å². The van der Waals surface area contributed by atoms with Crippen LogP contribution in [0.4, 0.5) is 4.39 Å². The lowest BCUT2D eigenvalue weighted by Crippen LogP contribution is -2.46. The highest BCUT2D eigenvalue weighted by Gasteiger charge is 2.40. The number of benzene rings is 1. The Labute approximate surface area is 160 Å². The van der Waals surface area contributed by atoms with Gasteiger partial charge in [0.15, 0.2) is 5.96 Å². The topological polar surface area (TPSA) is 56.7 Å². The minimum Gasteiger partial charge on any atom is -0.393 e. The fourth-order valence-electron chi connectivity index (χ4n) is 3.35. The molecule has 1 aromatic rings. The van der Waals surface area contributed by atoms with Gasteiger partial charge < -0.3 is 15.7 Å². The first kappa shape index (κ1) is 19.4. The van der Waals surface area contributed by atoms with Crippen molar-refractivity contribution in [1.82, 2.24) is 10.6 Å². The van der Waals surface area contributed by atoms with Crippen molar-refractivity contribution >= 4 is 29.9 Å². The normalized spacial score (nSPS) is 29.5. The monoisotopic (exact) mass is 447 g/mol. The maximum atomic E-state index is 13.9. The summed E-state index contributed by atoms with van der Waals surface area (Å²) in [7, 11) is 0. The second-order valence-corrected chi connectivity index (χ2v) is 6.59. The van der Waals surface area contributed by atoms with Crippen LogP contribution in [0.25, 0.3) is 0 Å². The Kier molecular flexibility index (Phi) is 7.28. The number of halogens is 2. The van der Waals surface area contributed by atoms with E-state index >= 15 is 0 Å². The second kappa shape index (κ2) is 8.99. The van der Waals surface area contributed by atoms with E-state index in [0.29, 0.717) is 12.6 Å². The van der Waals surface area contributed by atoms with Gasteiger partial charge in [-0.25, -0.2) is 4.39 Å². The molecule has 2 fully saturated rings. The zero-order valence-electron chi connectivity index (χ0n) is 14.0. The first-order valence-electron chi connectivity index (χ1n) is 8.67. The third-order valence-electron chi connectivity index (χ3n) is 4.77. The van der Waals surface area contributed by atoms with Gasteiger partial charge in [0.2, 0.25) is 0 Å². The van der Waals surface area contributed by atoms with E-state index in [1.807, 2.05) is 19.1 Å². The Morgan fingerprint density at radius 2 is 1.92 bits per heavy atom. The Morgan fingerprint density at radius 1 is 1.21 bits per heavy atom. The molecule has 0 amide bonds. The lowest BCUT2D eigenvalue weighted by molar-refractivity contribution is 0.120. The molecule has 134 valence electrons. The molecule has 4 nitrogen and oxygen atoms in total. The molecule has 0 radical (unpaired) electrons. The molecule has 2 saturated carbocycles. The molecule has 3 rings (SSSR count). The van der Waals surface area contributed by atoms with Crippen molar-refractivity contribution in [2.24, 2.45) is 4.99 Å². The molecule has 2 aliphatic rings. The summed E-state index contributed by atoms with van der Waals surface area (Å²) in [6.07, 6.45) is 4.41. The lowest BCUT2D eigenvalue weighted by Gasteiger charge is -2.27. The molecule has 0 saturated heterocycles. The van der Waals surface area contributed by atoms with Crippen LogP contribution in [-0.4, -0.2) is 35.8 Å². The third kappa shape index (κ3) is 5.05. The SMILES string of the molecule is CCN=C(NC1CCC(O)CC1)NC1CC1c1ccccc1F.I. The molecule has 0 spiro atoms. The molecule has 3 N–H and O–H groups in total. The number of aliphatic imine (C=N–C) groups is 1. The van der Waals surface area contributed by atoms with Crippen LogP contribution in [0.15, 0.2) is 29.3 Å². The zero-order chi connectivity index (χ0) is 16.2. The van der Waals surface area contributed by atoms with E-state index in [4.69, 9.17) is 0 Å². The molecule has 2 unspecified atom stereocenters. The first-order valence-corrected chi connectivity index (χ1v) is 8.67. The molecule has 0 heterocycles. The number of rotatable bonds is 4. The Balaban J connectivity index is 0.00000208. The van der Waals surface area contributed by atoms with E-state index in [9.17, 15) is 9.50 Å². The predicted molar refractivity (Wildman–Crippen MR) is 105 cm³/mol. The van der Waals surface area contributed by atoms with E-state index < -0.39 is 0 Å². The zero-order valence-corrected chi connectivity index (χ0v) is 16.4. The molecular formula is C18H27FIN3O. The van der Waals surface area contributed by atoms with Gasteiger partial charge in [-0.1, -0.05) is 18.2 Å². The molecule has 6 heteroatoms. The summed E-state index contributed by atoms with van der Waals surface area (Å²) in [4.78, 5) is 4.51. The number of nitrogens with zero attached hydrogens (tertiary/aromatic N) is 1. The number of aliphatic hydroxyl groups excluding tert-OH is 1. The van der Waals surface area contributed by atoms with Crippen molar-refractivity contribution in [3.8, 4) is 0 Å². The summed E-state index contributed by atoms with van der Waals surface area (Å²) in [5.74, 6) is 0.927. The molecule has 24 heavy (non-hydrogen) atoms. The molecular weight excluding hydrogens is 420 g/mol. The van der Waals surface area contributed by atoms with Crippen LogP contribution in [0.5, 0.6) is 0 Å². The van der Waals surface area contributed by atoms with Gasteiger partial charge in [-0.15, -0.1) is 24.0 Å². The fraction of sp³-hybridized carbons (Fsp3) is 0.611. The highest BCUT2D eigenvalue weighted by molar-refractivity contribution is 14.0. The fourth-order valence-corrected chi connectivity index (χ4v) is 3.35. The van der Waals surface area contributed by atoms with E-state index in [-0.39, 0.29) is 47.9 Å². The van der Waals surface area contributed by atoms with Crippen LogP contribution >= 0.6 is 24.0 Å². The van der Waals surface area contributed by atoms with Crippen LogP contribution in [0.3, 0.4) is 0 Å². The first-order chi connectivity index (χ1) is 11.2. The number of aliphatic hydroxyl groups is 1. The van der Waals surface area contributed by atoms with Crippen LogP contribution in [0.2, 0.25) is 0 Å². The standard InChI is InChI=1S/C18H26FN3O.HI/c1-2-20-18(21-12-7-9-13(23)10-8-12)22-17-11-15(17)14-5-3-4-6-16(14)19;/h3-6,12-13,15,17,23H,2,7-11H2,1H3,(H2,20,21,22);1H. The summed E-state index contributed by atoms with van der Waals surface area (Å²) in [6.45, 7) is 2.72. The number of nitrogens with one attached hydrogen (secondary N) is 2. The van der Waals surface area contributed by atoms with Gasteiger partial charge in [0, 0.05) is 24.5 Å². The van der Waals surface area contributed by atoms with Crippen molar-refractivity contribution in [2.45, 2.75) is 63.1 Å². The molecule has 0 aliphatic heterocycles. The van der Waals surface area contributed by atoms with Gasteiger partial charge in [0.25, 0.3) is 0 Å². The molecule has 0 bridgehead atoms. The van der Waals surface area contributed by atoms with Crippen LogP contribution in [0.1, 0.15) is 50.5 Å². The van der Waals surface area contributed by atoms with E-state index in [0.717, 1.165) is 43.6 Å². The molecule has 0 aromatic heterocycles. The van der Waals surface area contributed by atoms with Gasteiger partial charge in [-0.2, -0.15) is 0 Å². The van der Waals surface area contributed by atoms with Gasteiger partial charge in [0.1, 0.15) is 5.82 Å². The van der Waals surface area contributed by atoms with Crippen LogP contribution in [-0.2, 0) is 0 Å². The smallest absolute Gasteiger partial charge is 0.191 e. The van der Waals surface area contributed by atoms with Crippen molar-refractivity contribution in [3.63, 3.8) is 0 Å². The van der Waals surface area contributed by atoms with Crippen LogP contribution < -0.4 is 10.6 Å². The van der Waals surface area contributed by atoms with Crippen molar-refractivity contribution in [1.29, 1.82) is 0 Å². The molecule has 1 aromatic carbocycles. The van der Waals surface area contributed by atoms with Gasteiger partial charge >= 0.3 is 0 Å². The van der Waals surface area contributed by atoms with Gasteiger partial charge in [-0.3, -0.25) is 4.99 Å². The van der Waals surface area contributed by atoms with Gasteiger partial charge in [0.05, 0.1) is 6.10 Å². The largest absolute Gasteiger partial charge is 0.393 e. The van der Waals surface area contributed by atoms with Gasteiger partial charge in [-0.05, 0) is 50.7 Å². The third-order valence-corrected chi connectivity index (χ3v) is 4.77. The van der Waals surface area contributed by atoms with E-state index in [1.165, 1.54) is 6.07 Å². The Bertz CT molecular complexity index is 561. The maximum absolute atomic E-state index is 13.9. The quantitative estimate of drug-likeness (QED) is 0.378. The number of hydrogen-bond acceptors (Lipinski definition) is 2. The summed E-state index contributed by atoms with van der Waals surface area (Å²) < 4.78 is 13.9. The van der Waals surface area contributed by atoms with Crippen molar-refractivity contribution < 1.29 is 9.50 Å². The maximum Gasteiger partial charge on any atom is 0.191 e. The molecule has 2 atom stereocenters. The van der Waals surface area contributed by atoms with Crippen LogP contribution in [0, 0.1) is 5.82 Å². The lowest BCUT2D eigenvalue weighted by atomic mass is 9.93. The highest BCUT2D eigenvalue weighted by atomic mass is 127. The van der Waals surface area contributed by atoms with E-state index in [2.05, 4.69) is 15.6 Å². The second-order valence-electron chi connectivity index (χ2n) is 6.59. The average Bonchev–Trinajstić information content (AvgIpc) is 3.29. The summed E-state index contributed by atoms with van der Waals surface area (Å²) in [5, 5.41) is 16.5. The minimum atomic E-state index is -0.151. The highest BCUT2D eigenvalue weighted by Crippen LogP contribution is 2.41. The van der Waals surface area contributed by atoms with Crippen molar-refractivity contribution in [2.75, 3.05) is 6.54 Å². The Morgan fingerprint density at radius 3 is 2.58 bits per heavy atom. The summed E-state index contributed by atoms with van der Waals surface area (Å²) in [5.41, 5.74) is 0.793. The molecule has 2 aliphatic carbocycles.